The van der Waals surface area contributed by atoms with Crippen LogP contribution in [0.1, 0.15) is 11.4 Å². The first kappa shape index (κ1) is 13.9. The van der Waals surface area contributed by atoms with E-state index in [0.29, 0.717) is 11.5 Å². The van der Waals surface area contributed by atoms with Crippen molar-refractivity contribution in [3.05, 3.63) is 53.6 Å². The van der Waals surface area contributed by atoms with E-state index in [1.807, 2.05) is 29.7 Å². The fraction of sp³-hybridized carbons (Fsp3) is 0.188. The van der Waals surface area contributed by atoms with Crippen molar-refractivity contribution < 1.29 is 9.13 Å². The van der Waals surface area contributed by atoms with E-state index in [4.69, 9.17) is 16.3 Å². The summed E-state index contributed by atoms with van der Waals surface area (Å²) in [5.74, 6) is 0.740. The molecule has 0 atom stereocenters. The molecular formula is C16H14ClFN2O. The Balaban J connectivity index is 2.28. The molecule has 0 unspecified atom stereocenters. The van der Waals surface area contributed by atoms with E-state index in [1.54, 1.807) is 12.1 Å². The van der Waals surface area contributed by atoms with E-state index >= 15 is 0 Å². The van der Waals surface area contributed by atoms with E-state index in [9.17, 15) is 4.39 Å². The molecule has 0 aliphatic rings. The van der Waals surface area contributed by atoms with Crippen molar-refractivity contribution in [3.8, 4) is 11.4 Å². The number of aryl methyl sites for hydroxylation is 1. The quantitative estimate of drug-likeness (QED) is 0.677. The molecule has 0 amide bonds. The van der Waals surface area contributed by atoms with Gasteiger partial charge in [-0.2, -0.15) is 0 Å². The predicted molar refractivity (Wildman–Crippen MR) is 81.9 cm³/mol. The maximum Gasteiger partial charge on any atom is 0.167 e. The van der Waals surface area contributed by atoms with E-state index in [-0.39, 0.29) is 11.6 Å². The number of benzene rings is 2. The molecule has 0 saturated carbocycles. The number of para-hydroxylation sites is 1. The monoisotopic (exact) mass is 304 g/mol. The average Bonchev–Trinajstić information content (AvgIpc) is 2.87. The molecule has 1 aromatic heterocycles. The van der Waals surface area contributed by atoms with Crippen molar-refractivity contribution >= 4 is 22.6 Å². The third-order valence-electron chi connectivity index (χ3n) is 3.47. The number of rotatable bonds is 3. The molecule has 1 heterocycles. The van der Waals surface area contributed by atoms with Gasteiger partial charge in [0.15, 0.2) is 11.6 Å². The maximum absolute atomic E-state index is 14.0. The van der Waals surface area contributed by atoms with E-state index in [1.165, 1.54) is 13.2 Å². The van der Waals surface area contributed by atoms with Gasteiger partial charge in [0, 0.05) is 6.07 Å². The standard InChI is InChI=1S/C16H14ClFN2O/c1-10-4-3-5-13-16(10)19-15(9-17)20(13)11-6-7-14(21-2)12(18)8-11/h3-8H,9H2,1-2H3. The Bertz CT molecular complexity index is 813. The number of alkyl halides is 1. The lowest BCUT2D eigenvalue weighted by molar-refractivity contribution is 0.386. The molecule has 0 N–H and O–H groups in total. The highest BCUT2D eigenvalue weighted by Crippen LogP contribution is 2.27. The molecule has 3 nitrogen and oxygen atoms in total. The summed E-state index contributed by atoms with van der Waals surface area (Å²) < 4.78 is 20.8. The summed E-state index contributed by atoms with van der Waals surface area (Å²) in [5.41, 5.74) is 3.53. The summed E-state index contributed by atoms with van der Waals surface area (Å²) in [6, 6.07) is 10.7. The van der Waals surface area contributed by atoms with Crippen LogP contribution in [0.2, 0.25) is 0 Å². The van der Waals surface area contributed by atoms with E-state index in [0.717, 1.165) is 16.6 Å². The lowest BCUT2D eigenvalue weighted by atomic mass is 10.2. The smallest absolute Gasteiger partial charge is 0.167 e. The highest BCUT2D eigenvalue weighted by atomic mass is 35.5. The lowest BCUT2D eigenvalue weighted by Crippen LogP contribution is -2.00. The Morgan fingerprint density at radius 2 is 2.10 bits per heavy atom. The van der Waals surface area contributed by atoms with Crippen LogP contribution in [0.15, 0.2) is 36.4 Å². The number of halogens is 2. The predicted octanol–water partition coefficient (Wildman–Crippen LogP) is 4.22. The van der Waals surface area contributed by atoms with Crippen LogP contribution in [0, 0.1) is 12.7 Å². The second kappa shape index (κ2) is 5.37. The molecule has 2 aromatic carbocycles. The molecule has 108 valence electrons. The summed E-state index contributed by atoms with van der Waals surface area (Å²) in [6.07, 6.45) is 0. The highest BCUT2D eigenvalue weighted by Gasteiger charge is 2.14. The lowest BCUT2D eigenvalue weighted by Gasteiger charge is -2.10. The van der Waals surface area contributed by atoms with Crippen LogP contribution < -0.4 is 4.74 Å². The van der Waals surface area contributed by atoms with Gasteiger partial charge in [-0.15, -0.1) is 11.6 Å². The number of imidazole rings is 1. The molecule has 0 saturated heterocycles. The Hall–Kier alpha value is -2.07. The van der Waals surface area contributed by atoms with Crippen molar-refractivity contribution in [2.75, 3.05) is 7.11 Å². The molecule has 0 spiro atoms. The zero-order valence-corrected chi connectivity index (χ0v) is 12.5. The van der Waals surface area contributed by atoms with Crippen LogP contribution in [0.4, 0.5) is 4.39 Å². The van der Waals surface area contributed by atoms with Gasteiger partial charge in [-0.1, -0.05) is 12.1 Å². The first-order valence-electron chi connectivity index (χ1n) is 6.52. The number of fused-ring (bicyclic) bond motifs is 1. The fourth-order valence-electron chi connectivity index (χ4n) is 2.46. The summed E-state index contributed by atoms with van der Waals surface area (Å²) in [4.78, 5) is 4.56. The van der Waals surface area contributed by atoms with Crippen molar-refractivity contribution in [2.45, 2.75) is 12.8 Å². The first-order valence-corrected chi connectivity index (χ1v) is 7.06. The minimum atomic E-state index is -0.412. The number of hydrogen-bond donors (Lipinski definition) is 0. The first-order chi connectivity index (χ1) is 10.2. The number of hydrogen-bond acceptors (Lipinski definition) is 2. The zero-order chi connectivity index (χ0) is 15.0. The van der Waals surface area contributed by atoms with Crippen LogP contribution >= 0.6 is 11.6 Å². The highest BCUT2D eigenvalue weighted by molar-refractivity contribution is 6.17. The van der Waals surface area contributed by atoms with Gasteiger partial charge < -0.3 is 4.74 Å². The summed E-state index contributed by atoms with van der Waals surface area (Å²) in [6.45, 7) is 1.99. The molecule has 3 rings (SSSR count). The van der Waals surface area contributed by atoms with E-state index < -0.39 is 5.82 Å². The van der Waals surface area contributed by atoms with Crippen LogP contribution in [0.3, 0.4) is 0 Å². The number of methoxy groups -OCH3 is 1. The zero-order valence-electron chi connectivity index (χ0n) is 11.7. The number of aromatic nitrogens is 2. The Labute approximate surface area is 126 Å². The Morgan fingerprint density at radius 1 is 1.29 bits per heavy atom. The minimum absolute atomic E-state index is 0.215. The largest absolute Gasteiger partial charge is 0.494 e. The molecule has 0 bridgehead atoms. The average molecular weight is 305 g/mol. The molecule has 0 radical (unpaired) electrons. The van der Waals surface area contributed by atoms with Gasteiger partial charge in [0.2, 0.25) is 0 Å². The van der Waals surface area contributed by atoms with Gasteiger partial charge in [-0.3, -0.25) is 4.57 Å². The maximum atomic E-state index is 14.0. The number of nitrogens with zero attached hydrogens (tertiary/aromatic N) is 2. The van der Waals surface area contributed by atoms with Gasteiger partial charge in [-0.25, -0.2) is 9.37 Å². The SMILES string of the molecule is COc1ccc(-n2c(CCl)nc3c(C)cccc32)cc1F. The van der Waals surface area contributed by atoms with Gasteiger partial charge in [0.1, 0.15) is 5.82 Å². The number of ether oxygens (including phenoxy) is 1. The van der Waals surface area contributed by atoms with Gasteiger partial charge >= 0.3 is 0 Å². The van der Waals surface area contributed by atoms with Crippen LogP contribution in [-0.2, 0) is 5.88 Å². The third-order valence-corrected chi connectivity index (χ3v) is 3.71. The van der Waals surface area contributed by atoms with Crippen molar-refractivity contribution in [3.63, 3.8) is 0 Å². The van der Waals surface area contributed by atoms with Crippen molar-refractivity contribution in [1.82, 2.24) is 9.55 Å². The third kappa shape index (κ3) is 2.25. The van der Waals surface area contributed by atoms with Crippen LogP contribution in [0.25, 0.3) is 16.7 Å². The fourth-order valence-corrected chi connectivity index (χ4v) is 2.64. The van der Waals surface area contributed by atoms with E-state index in [2.05, 4.69) is 4.98 Å². The Kier molecular flexibility index (Phi) is 3.55. The van der Waals surface area contributed by atoms with Crippen LogP contribution in [0.5, 0.6) is 5.75 Å². The van der Waals surface area contributed by atoms with Gasteiger partial charge in [0.05, 0.1) is 29.7 Å². The normalized spacial score (nSPS) is 11.0. The molecular weight excluding hydrogens is 291 g/mol. The molecule has 3 aromatic rings. The molecule has 21 heavy (non-hydrogen) atoms. The van der Waals surface area contributed by atoms with Crippen LogP contribution in [-0.4, -0.2) is 16.7 Å². The Morgan fingerprint density at radius 3 is 2.76 bits per heavy atom. The summed E-state index contributed by atoms with van der Waals surface area (Å²) in [7, 11) is 1.44. The molecule has 0 aliphatic carbocycles. The van der Waals surface area contributed by atoms with Gasteiger partial charge in [-0.05, 0) is 30.7 Å². The summed E-state index contributed by atoms with van der Waals surface area (Å²) in [5, 5.41) is 0. The second-order valence-corrected chi connectivity index (χ2v) is 5.03. The van der Waals surface area contributed by atoms with Crippen molar-refractivity contribution in [1.29, 1.82) is 0 Å². The molecule has 0 aliphatic heterocycles. The topological polar surface area (TPSA) is 27.1 Å². The minimum Gasteiger partial charge on any atom is -0.494 e. The second-order valence-electron chi connectivity index (χ2n) is 4.76. The molecule has 5 heteroatoms. The van der Waals surface area contributed by atoms with Crippen molar-refractivity contribution in [2.24, 2.45) is 0 Å². The molecule has 0 fully saturated rings. The summed E-state index contributed by atoms with van der Waals surface area (Å²) >= 11 is 6.00. The van der Waals surface area contributed by atoms with Gasteiger partial charge in [0.25, 0.3) is 0 Å².